The van der Waals surface area contributed by atoms with Gasteiger partial charge in [-0.3, -0.25) is 0 Å². The van der Waals surface area contributed by atoms with Gasteiger partial charge >= 0.3 is 0 Å². The maximum Gasteiger partial charge on any atom is 0.135 e. The summed E-state index contributed by atoms with van der Waals surface area (Å²) in [6.07, 6.45) is 1.95. The molecule has 0 saturated carbocycles. The molecular weight excluding hydrogens is 1310 g/mol. The molecule has 1 aliphatic rings. The Labute approximate surface area is 559 Å². The minimum atomic E-state index is -0.187. The summed E-state index contributed by atoms with van der Waals surface area (Å²) < 4.78 is 12.2. The summed E-state index contributed by atoms with van der Waals surface area (Å²) >= 11 is 1.85. The minimum Gasteiger partial charge on any atom is -0.509 e. The first kappa shape index (κ1) is 63.4. The van der Waals surface area contributed by atoms with Crippen molar-refractivity contribution in [2.75, 3.05) is 9.80 Å². The second-order valence-corrected chi connectivity index (χ2v) is 32.2. The molecule has 1 aliphatic heterocycles. The number of nitrogens with zero attached hydrogens (tertiary/aromatic N) is 4. The van der Waals surface area contributed by atoms with E-state index in [1.165, 1.54) is 64.5 Å². The van der Waals surface area contributed by atoms with Gasteiger partial charge in [-0.25, -0.2) is 4.98 Å². The van der Waals surface area contributed by atoms with Crippen LogP contribution in [0.4, 0.5) is 22.7 Å². The van der Waals surface area contributed by atoms with Crippen LogP contribution in [0.25, 0.3) is 81.2 Å². The Kier molecular flexibility index (Phi) is 15.9. The van der Waals surface area contributed by atoms with Crippen LogP contribution in [-0.4, -0.2) is 9.55 Å². The monoisotopic (exact) mass is 1390 g/mol. The van der Waals surface area contributed by atoms with E-state index in [0.29, 0.717) is 11.5 Å². The number of para-hydroxylation sites is 2. The Morgan fingerprint density at radius 3 is 1.56 bits per heavy atom. The van der Waals surface area contributed by atoms with Crippen molar-refractivity contribution in [2.24, 2.45) is 0 Å². The normalized spacial score (nSPS) is 13.4. The Morgan fingerprint density at radius 1 is 0.440 bits per heavy atom. The molecule has 466 valence electrons. The molecule has 13 rings (SSSR count). The van der Waals surface area contributed by atoms with Crippen molar-refractivity contribution in [1.82, 2.24) is 9.55 Å². The van der Waals surface area contributed by atoms with Crippen LogP contribution in [0.2, 0.25) is 0 Å². The summed E-state index contributed by atoms with van der Waals surface area (Å²) in [4.78, 5) is 9.87. The van der Waals surface area contributed by atoms with Crippen LogP contribution < -0.4 is 14.5 Å². The van der Waals surface area contributed by atoms with Gasteiger partial charge in [-0.1, -0.05) is 233 Å². The number of aromatic nitrogens is 2. The number of rotatable bonds is 8. The van der Waals surface area contributed by atoms with Crippen LogP contribution >= 0.6 is 11.3 Å². The molecule has 0 bridgehead atoms. The fourth-order valence-electron chi connectivity index (χ4n) is 13.1. The molecule has 0 aliphatic carbocycles. The van der Waals surface area contributed by atoms with Crippen LogP contribution in [-0.2, 0) is 53.6 Å². The second kappa shape index (κ2) is 22.8. The van der Waals surface area contributed by atoms with E-state index >= 15 is 0 Å². The zero-order chi connectivity index (χ0) is 63.8. The zero-order valence-electron chi connectivity index (χ0n) is 56.3. The van der Waals surface area contributed by atoms with Crippen molar-refractivity contribution < 1.29 is 25.8 Å². The van der Waals surface area contributed by atoms with Gasteiger partial charge in [0.25, 0.3) is 0 Å². The molecule has 0 radical (unpaired) electrons. The first-order valence-electron chi connectivity index (χ1n) is 32.0. The van der Waals surface area contributed by atoms with Crippen LogP contribution in [0.1, 0.15) is 158 Å². The Hall–Kier alpha value is -7.76. The number of benzene rings is 9. The van der Waals surface area contributed by atoms with Crippen molar-refractivity contribution in [3.8, 4) is 50.7 Å². The first-order chi connectivity index (χ1) is 42.4. The van der Waals surface area contributed by atoms with Crippen LogP contribution in [0.3, 0.4) is 0 Å². The van der Waals surface area contributed by atoms with Crippen molar-refractivity contribution in [2.45, 2.75) is 157 Å². The number of fused-ring (bicyclic) bond motifs is 8. The summed E-state index contributed by atoms with van der Waals surface area (Å²) in [6, 6.07) is 73.5. The summed E-state index contributed by atoms with van der Waals surface area (Å²) in [5.41, 5.74) is 20.0. The van der Waals surface area contributed by atoms with Crippen LogP contribution in [0.15, 0.2) is 182 Å². The molecule has 7 heteroatoms. The average Bonchev–Trinajstić information content (AvgIpc) is 1.61. The molecule has 0 saturated heterocycles. The molecule has 4 heterocycles. The number of hydrogen-bond donors (Lipinski definition) is 0. The van der Waals surface area contributed by atoms with Gasteiger partial charge in [-0.05, 0) is 136 Å². The smallest absolute Gasteiger partial charge is 0.135 e. The predicted molar refractivity (Wildman–Crippen MR) is 386 cm³/mol. The van der Waals surface area contributed by atoms with Gasteiger partial charge < -0.3 is 19.1 Å². The molecule has 0 atom stereocenters. The van der Waals surface area contributed by atoms with Crippen LogP contribution in [0.5, 0.6) is 11.5 Å². The quantitative estimate of drug-likeness (QED) is 0.142. The maximum atomic E-state index is 7.37. The number of ether oxygens (including phenoxy) is 1. The second-order valence-electron chi connectivity index (χ2n) is 31.1. The molecule has 0 spiro atoms. The summed E-state index contributed by atoms with van der Waals surface area (Å²) in [5.74, 6) is 2.01. The van der Waals surface area contributed by atoms with E-state index in [9.17, 15) is 0 Å². The third-order valence-electron chi connectivity index (χ3n) is 18.2. The molecule has 0 N–H and O–H groups in total. The Bertz CT molecular complexity index is 4660. The van der Waals surface area contributed by atoms with Gasteiger partial charge in [-0.15, -0.1) is 65.0 Å². The summed E-state index contributed by atoms with van der Waals surface area (Å²) in [7, 11) is 0. The Balaban J connectivity index is 0.00000800. The minimum absolute atomic E-state index is 0. The van der Waals surface area contributed by atoms with E-state index in [4.69, 9.17) is 9.72 Å². The van der Waals surface area contributed by atoms with Gasteiger partial charge in [0, 0.05) is 92.6 Å². The fourth-order valence-corrected chi connectivity index (χ4v) is 14.4. The standard InChI is InChI=1S/C84H85N4OS.Pt/c1-79(2,3)55-34-30-52(31-35-55)65-46-58(82(10,11)12)47-66(53-32-36-56(37-33-53)80(4,5)6)77(65)87-51-86(69-27-20-21-28-70(69)87)59-44-54(75-67(83(13,14)15)25-23-26-68(75)84(16,17)18)45-61(49-59)89-60-38-39-64-72(50-60)88(74-48-57(42-43-85-74)81(7,8)9)71-41-40-63-62-24-19-22-29-73(62)90-78(63)76(64)71;/h19-48,51H,1-18H3;/q-3;. The molecule has 12 aromatic rings. The van der Waals surface area contributed by atoms with E-state index < -0.39 is 0 Å². The van der Waals surface area contributed by atoms with Gasteiger partial charge in [0.15, 0.2) is 0 Å². The van der Waals surface area contributed by atoms with E-state index in [0.717, 1.165) is 72.8 Å². The molecule has 0 unspecified atom stereocenters. The molecule has 9 aromatic carbocycles. The van der Waals surface area contributed by atoms with Crippen LogP contribution in [0, 0.1) is 18.8 Å². The van der Waals surface area contributed by atoms with E-state index in [2.05, 4.69) is 334 Å². The van der Waals surface area contributed by atoms with Crippen molar-refractivity contribution in [3.63, 3.8) is 0 Å². The van der Waals surface area contributed by atoms with Gasteiger partial charge in [-0.2, -0.15) is 6.07 Å². The molecule has 3 aromatic heterocycles. The van der Waals surface area contributed by atoms with Crippen molar-refractivity contribution in [3.05, 3.63) is 234 Å². The number of hydrogen-bond acceptors (Lipinski definition) is 5. The van der Waals surface area contributed by atoms with Crippen molar-refractivity contribution >= 4 is 76.1 Å². The molecule has 0 fully saturated rings. The third-order valence-corrected chi connectivity index (χ3v) is 19.5. The molecular formula is C84H85N4OPtS-3. The largest absolute Gasteiger partial charge is 0.509 e. The predicted octanol–water partition coefficient (Wildman–Crippen LogP) is 24.1. The van der Waals surface area contributed by atoms with E-state index in [-0.39, 0.29) is 53.6 Å². The zero-order valence-corrected chi connectivity index (χ0v) is 59.4. The number of thiophene rings is 1. The SMILES string of the molecule is CC(C)(C)c1ccc(-c2cc(C(C)(C)C)cc(-c3ccc(C(C)(C)C)cc3)c2N2[CH-]N(c3[c-]c(Oc4[c-]c5c(cc4)c4c6sc7ccccc7c6ccc4n5-c4cc(C(C)(C)C)ccn4)cc(-c4c(C(C)(C)C)cccc4C(C)(C)C)c3)c3ccccc32)cc1.[Pt]. The molecule has 0 amide bonds. The first-order valence-corrected chi connectivity index (χ1v) is 32.8. The van der Waals surface area contributed by atoms with Crippen molar-refractivity contribution in [1.29, 1.82) is 0 Å². The average molecular weight is 1390 g/mol. The van der Waals surface area contributed by atoms with Gasteiger partial charge in [0.05, 0.1) is 0 Å². The van der Waals surface area contributed by atoms with Gasteiger partial charge in [0.2, 0.25) is 0 Å². The Morgan fingerprint density at radius 2 is 0.989 bits per heavy atom. The van der Waals surface area contributed by atoms with Gasteiger partial charge in [0.1, 0.15) is 5.82 Å². The van der Waals surface area contributed by atoms with E-state index in [1.807, 2.05) is 17.5 Å². The maximum absolute atomic E-state index is 7.37. The number of anilines is 4. The topological polar surface area (TPSA) is 33.5 Å². The van der Waals surface area contributed by atoms with E-state index in [1.54, 1.807) is 0 Å². The third kappa shape index (κ3) is 11.8. The molecule has 5 nitrogen and oxygen atoms in total. The summed E-state index contributed by atoms with van der Waals surface area (Å²) in [5, 5.41) is 4.80. The number of pyridine rings is 1. The summed E-state index contributed by atoms with van der Waals surface area (Å²) in [6.45, 7) is 43.7. The molecule has 91 heavy (non-hydrogen) atoms. The fraction of sp³-hybridized carbons (Fsp3) is 0.286.